The molecule has 3 aliphatic carbocycles. The van der Waals surface area contributed by atoms with Crippen LogP contribution < -0.4 is 10.6 Å². The first-order chi connectivity index (χ1) is 11.3. The highest BCUT2D eigenvalue weighted by atomic mass is 15.0. The lowest BCUT2D eigenvalue weighted by molar-refractivity contribution is -0.701. The van der Waals surface area contributed by atoms with E-state index in [9.17, 15) is 0 Å². The van der Waals surface area contributed by atoms with Gasteiger partial charge in [0, 0.05) is 24.7 Å². The lowest BCUT2D eigenvalue weighted by Gasteiger charge is -2.61. The van der Waals surface area contributed by atoms with Gasteiger partial charge in [0.05, 0.1) is 11.1 Å². The highest BCUT2D eigenvalue weighted by Gasteiger charge is 2.59. The molecular formula is C22H40N2. The van der Waals surface area contributed by atoms with Crippen molar-refractivity contribution in [2.24, 2.45) is 35.5 Å². The summed E-state index contributed by atoms with van der Waals surface area (Å²) in [4.78, 5) is 0. The van der Waals surface area contributed by atoms with Crippen LogP contribution in [0.2, 0.25) is 0 Å². The van der Waals surface area contributed by atoms with Crippen molar-refractivity contribution in [1.29, 1.82) is 0 Å². The van der Waals surface area contributed by atoms with E-state index in [4.69, 9.17) is 0 Å². The van der Waals surface area contributed by atoms with Gasteiger partial charge in [0.1, 0.15) is 0 Å². The van der Waals surface area contributed by atoms with Crippen LogP contribution >= 0.6 is 0 Å². The minimum absolute atomic E-state index is 0.242. The lowest BCUT2D eigenvalue weighted by atomic mass is 9.45. The Balaban J connectivity index is 2.01. The molecule has 4 N–H and O–H groups in total. The SMILES string of the molecule is [CH2-][NH2+]C(C)(C)CC1CC(C)C2CCC(C)C3([NH2+][CH2-])CC=C(C)C1C23. The van der Waals surface area contributed by atoms with Crippen molar-refractivity contribution in [1.82, 2.24) is 0 Å². The molecular weight excluding hydrogens is 292 g/mol. The number of allylic oxidation sites excluding steroid dienone is 1. The molecule has 2 saturated carbocycles. The Hall–Kier alpha value is -0.340. The summed E-state index contributed by atoms with van der Waals surface area (Å²) in [5.41, 5.74) is 2.26. The third-order valence-corrected chi connectivity index (χ3v) is 8.26. The summed E-state index contributed by atoms with van der Waals surface area (Å²) in [7, 11) is 8.47. The first-order valence-electron chi connectivity index (χ1n) is 10.2. The van der Waals surface area contributed by atoms with Gasteiger partial charge in [-0.1, -0.05) is 25.5 Å². The fourth-order valence-corrected chi connectivity index (χ4v) is 6.81. The lowest BCUT2D eigenvalue weighted by Crippen LogP contribution is -2.97. The Labute approximate surface area is 150 Å². The minimum atomic E-state index is 0.242. The maximum absolute atomic E-state index is 4.36. The summed E-state index contributed by atoms with van der Waals surface area (Å²) < 4.78 is 0. The number of nitrogens with two attached hydrogens (primary N) is 2. The topological polar surface area (TPSA) is 33.2 Å². The van der Waals surface area contributed by atoms with Crippen LogP contribution in [-0.4, -0.2) is 11.1 Å². The average molecular weight is 333 g/mol. The van der Waals surface area contributed by atoms with Gasteiger partial charge < -0.3 is 10.6 Å². The fraction of sp³-hybridized carbons (Fsp3) is 0.818. The van der Waals surface area contributed by atoms with E-state index in [1.807, 2.05) is 0 Å². The quantitative estimate of drug-likeness (QED) is 0.586. The van der Waals surface area contributed by atoms with E-state index in [-0.39, 0.29) is 5.54 Å². The Morgan fingerprint density at radius 3 is 2.58 bits per heavy atom. The molecule has 0 aliphatic heterocycles. The van der Waals surface area contributed by atoms with Gasteiger partial charge in [-0.15, -0.1) is 0 Å². The van der Waals surface area contributed by atoms with Gasteiger partial charge in [-0.3, -0.25) is 0 Å². The summed E-state index contributed by atoms with van der Waals surface area (Å²) in [6, 6.07) is 0. The van der Waals surface area contributed by atoms with Gasteiger partial charge in [0.2, 0.25) is 0 Å². The molecule has 0 amide bonds. The third-order valence-electron chi connectivity index (χ3n) is 8.26. The van der Waals surface area contributed by atoms with E-state index in [0.717, 1.165) is 35.5 Å². The van der Waals surface area contributed by atoms with E-state index in [1.54, 1.807) is 5.57 Å². The normalized spacial score (nSPS) is 45.5. The maximum Gasteiger partial charge on any atom is 0.0821 e. The van der Waals surface area contributed by atoms with Gasteiger partial charge >= 0.3 is 0 Å². The molecule has 3 rings (SSSR count). The minimum Gasteiger partial charge on any atom is -0.474 e. The molecule has 0 bridgehead atoms. The summed E-state index contributed by atoms with van der Waals surface area (Å²) in [6.45, 7) is 12.2. The molecule has 7 unspecified atom stereocenters. The monoisotopic (exact) mass is 332 g/mol. The van der Waals surface area contributed by atoms with Crippen molar-refractivity contribution in [3.8, 4) is 0 Å². The summed E-state index contributed by atoms with van der Waals surface area (Å²) >= 11 is 0. The fourth-order valence-electron chi connectivity index (χ4n) is 6.81. The molecule has 0 aromatic rings. The van der Waals surface area contributed by atoms with Crippen LogP contribution in [0.15, 0.2) is 11.6 Å². The zero-order chi connectivity index (χ0) is 17.7. The highest BCUT2D eigenvalue weighted by molar-refractivity contribution is 5.22. The molecule has 2 heteroatoms. The van der Waals surface area contributed by atoms with Gasteiger partial charge in [0.15, 0.2) is 0 Å². The van der Waals surface area contributed by atoms with Crippen LogP contribution in [0.5, 0.6) is 0 Å². The first kappa shape index (κ1) is 18.5. The summed E-state index contributed by atoms with van der Waals surface area (Å²) in [5, 5.41) is 4.55. The van der Waals surface area contributed by atoms with Crippen molar-refractivity contribution in [2.45, 2.75) is 77.8 Å². The van der Waals surface area contributed by atoms with Crippen LogP contribution in [-0.2, 0) is 0 Å². The average Bonchev–Trinajstić information content (AvgIpc) is 2.54. The number of hydrogen-bond acceptors (Lipinski definition) is 0. The van der Waals surface area contributed by atoms with Crippen molar-refractivity contribution in [2.75, 3.05) is 0 Å². The maximum atomic E-state index is 4.36. The van der Waals surface area contributed by atoms with E-state index < -0.39 is 0 Å². The van der Waals surface area contributed by atoms with Crippen molar-refractivity contribution >= 4 is 0 Å². The van der Waals surface area contributed by atoms with E-state index in [1.165, 1.54) is 32.1 Å². The second kappa shape index (κ2) is 6.43. The van der Waals surface area contributed by atoms with Crippen molar-refractivity contribution < 1.29 is 10.6 Å². The van der Waals surface area contributed by atoms with Gasteiger partial charge in [0.25, 0.3) is 0 Å². The van der Waals surface area contributed by atoms with E-state index in [0.29, 0.717) is 5.54 Å². The van der Waals surface area contributed by atoms with Crippen LogP contribution in [0, 0.1) is 49.6 Å². The zero-order valence-corrected chi connectivity index (χ0v) is 16.6. The third kappa shape index (κ3) is 2.78. The molecule has 0 heterocycles. The Bertz CT molecular complexity index is 494. The molecule has 24 heavy (non-hydrogen) atoms. The largest absolute Gasteiger partial charge is 0.474 e. The zero-order valence-electron chi connectivity index (χ0n) is 16.6. The molecule has 0 radical (unpaired) electrons. The Morgan fingerprint density at radius 2 is 1.96 bits per heavy atom. The number of hydrogen-bond donors (Lipinski definition) is 2. The smallest absolute Gasteiger partial charge is 0.0821 e. The van der Waals surface area contributed by atoms with Crippen LogP contribution in [0.1, 0.15) is 66.7 Å². The molecule has 7 atom stereocenters. The first-order valence-corrected chi connectivity index (χ1v) is 10.2. The molecule has 0 aromatic carbocycles. The van der Waals surface area contributed by atoms with Gasteiger partial charge in [-0.05, 0) is 63.7 Å². The molecule has 2 nitrogen and oxygen atoms in total. The number of rotatable bonds is 4. The Kier molecular flexibility index (Phi) is 4.94. The van der Waals surface area contributed by atoms with Crippen LogP contribution in [0.25, 0.3) is 0 Å². The molecule has 0 aromatic heterocycles. The van der Waals surface area contributed by atoms with Gasteiger partial charge in [-0.2, -0.15) is 14.1 Å². The molecule has 0 spiro atoms. The molecule has 138 valence electrons. The van der Waals surface area contributed by atoms with Gasteiger partial charge in [-0.25, -0.2) is 0 Å². The summed E-state index contributed by atoms with van der Waals surface area (Å²) in [5.74, 6) is 4.92. The second-order valence-electron chi connectivity index (χ2n) is 10.0. The molecule has 0 saturated heterocycles. The highest BCUT2D eigenvalue weighted by Crippen LogP contribution is 2.59. The standard InChI is InChI=1S/C22H40N2/c1-14-10-11-22(24-7)16(3)8-9-18-15(2)12-17(19(14)20(18)22)13-21(4,5)23-6/h10,15-20H,6-9,11-13,23-24H2,1-5H3. The summed E-state index contributed by atoms with van der Waals surface area (Å²) in [6.07, 6.45) is 9.30. The predicted octanol–water partition coefficient (Wildman–Crippen LogP) is 2.89. The van der Waals surface area contributed by atoms with Crippen LogP contribution in [0.4, 0.5) is 0 Å². The van der Waals surface area contributed by atoms with Crippen LogP contribution in [0.3, 0.4) is 0 Å². The van der Waals surface area contributed by atoms with Crippen molar-refractivity contribution in [3.05, 3.63) is 25.7 Å². The van der Waals surface area contributed by atoms with E-state index in [2.05, 4.69) is 65.4 Å². The van der Waals surface area contributed by atoms with Crippen molar-refractivity contribution in [3.63, 3.8) is 0 Å². The number of quaternary nitrogens is 2. The molecule has 3 aliphatic rings. The van der Waals surface area contributed by atoms with E-state index >= 15 is 0 Å². The molecule has 2 fully saturated rings. The predicted molar refractivity (Wildman–Crippen MR) is 101 cm³/mol. The Morgan fingerprint density at radius 1 is 1.25 bits per heavy atom. The second-order valence-corrected chi connectivity index (χ2v) is 10.0.